The van der Waals surface area contributed by atoms with Crippen molar-refractivity contribution in [2.24, 2.45) is 0 Å². The van der Waals surface area contributed by atoms with Gasteiger partial charge in [0.1, 0.15) is 12.2 Å². The van der Waals surface area contributed by atoms with E-state index in [1.54, 1.807) is 20.8 Å². The Morgan fingerprint density at radius 3 is 2.42 bits per heavy atom. The molecule has 9 nitrogen and oxygen atoms in total. The van der Waals surface area contributed by atoms with E-state index in [0.717, 1.165) is 12.8 Å². The van der Waals surface area contributed by atoms with Gasteiger partial charge in [-0.15, -0.1) is 0 Å². The summed E-state index contributed by atoms with van der Waals surface area (Å²) in [6, 6.07) is 0. The van der Waals surface area contributed by atoms with Crippen molar-refractivity contribution in [3.63, 3.8) is 0 Å². The third kappa shape index (κ3) is 6.26. The molecule has 3 saturated heterocycles. The fourth-order valence-electron chi connectivity index (χ4n) is 3.95. The second kappa shape index (κ2) is 9.54. The summed E-state index contributed by atoms with van der Waals surface area (Å²) < 4.78 is 35.2. The van der Waals surface area contributed by atoms with Crippen LogP contribution in [0.15, 0.2) is 12.2 Å². The Bertz CT molecular complexity index is 691. The summed E-state index contributed by atoms with van der Waals surface area (Å²) >= 11 is 0. The first-order valence-corrected chi connectivity index (χ1v) is 10.9. The van der Waals surface area contributed by atoms with Gasteiger partial charge in [-0.2, -0.15) is 0 Å². The molecule has 0 aromatic rings. The summed E-state index contributed by atoms with van der Waals surface area (Å²) in [6.07, 6.45) is -0.200. The largest absolute Gasteiger partial charge is 0.456 e. The molecule has 31 heavy (non-hydrogen) atoms. The molecule has 3 rings (SSSR count). The number of carbonyl (C=O) groups excluding carboxylic acids is 2. The molecule has 0 spiro atoms. The van der Waals surface area contributed by atoms with Crippen molar-refractivity contribution in [3.05, 3.63) is 12.2 Å². The highest BCUT2D eigenvalue weighted by molar-refractivity contribution is 5.91. The molecule has 3 heterocycles. The van der Waals surface area contributed by atoms with Crippen LogP contribution in [0.2, 0.25) is 0 Å². The first-order chi connectivity index (χ1) is 14.5. The predicted octanol–water partition coefficient (Wildman–Crippen LogP) is 2.18. The van der Waals surface area contributed by atoms with E-state index in [0.29, 0.717) is 25.1 Å². The van der Waals surface area contributed by atoms with E-state index in [4.69, 9.17) is 28.4 Å². The maximum atomic E-state index is 12.5. The van der Waals surface area contributed by atoms with Gasteiger partial charge >= 0.3 is 5.97 Å². The zero-order valence-corrected chi connectivity index (χ0v) is 19.1. The number of hydrogen-bond donors (Lipinski definition) is 1. The average molecular weight is 442 g/mol. The summed E-state index contributed by atoms with van der Waals surface area (Å²) in [6.45, 7) is 13.4. The van der Waals surface area contributed by atoms with E-state index in [2.05, 4.69) is 11.9 Å². The molecule has 0 saturated carbocycles. The monoisotopic (exact) mass is 441 g/mol. The van der Waals surface area contributed by atoms with Crippen LogP contribution >= 0.6 is 0 Å². The minimum absolute atomic E-state index is 0.149. The molecule has 176 valence electrons. The van der Waals surface area contributed by atoms with Crippen molar-refractivity contribution in [2.45, 2.75) is 103 Å². The molecule has 1 N–H and O–H groups in total. The highest BCUT2D eigenvalue weighted by Gasteiger charge is 2.59. The lowest BCUT2D eigenvalue weighted by molar-refractivity contribution is -0.235. The quantitative estimate of drug-likeness (QED) is 0.330. The van der Waals surface area contributed by atoms with Gasteiger partial charge in [0.15, 0.2) is 30.1 Å². The first kappa shape index (κ1) is 24.1. The van der Waals surface area contributed by atoms with Crippen molar-refractivity contribution >= 4 is 11.9 Å². The van der Waals surface area contributed by atoms with Crippen molar-refractivity contribution in [1.82, 2.24) is 5.32 Å². The van der Waals surface area contributed by atoms with Gasteiger partial charge in [-0.3, -0.25) is 9.59 Å². The van der Waals surface area contributed by atoms with Gasteiger partial charge in [-0.25, -0.2) is 0 Å². The number of fused-ring (bicyclic) bond motifs is 1. The second-order valence-electron chi connectivity index (χ2n) is 9.24. The van der Waals surface area contributed by atoms with E-state index < -0.39 is 36.2 Å². The van der Waals surface area contributed by atoms with Crippen LogP contribution in [0.3, 0.4) is 0 Å². The summed E-state index contributed by atoms with van der Waals surface area (Å²) in [5.41, 5.74) is 0.483. The van der Waals surface area contributed by atoms with E-state index in [9.17, 15) is 9.59 Å². The first-order valence-electron chi connectivity index (χ1n) is 10.9. The molecule has 9 heteroatoms. The molecule has 5 atom stereocenters. The second-order valence-corrected chi connectivity index (χ2v) is 9.24. The lowest BCUT2D eigenvalue weighted by Crippen LogP contribution is -2.45. The smallest absolute Gasteiger partial charge is 0.306 e. The maximum Gasteiger partial charge on any atom is 0.306 e. The predicted molar refractivity (Wildman–Crippen MR) is 110 cm³/mol. The lowest BCUT2D eigenvalue weighted by atomic mass is 10.1. The van der Waals surface area contributed by atoms with Crippen molar-refractivity contribution in [1.29, 1.82) is 0 Å². The van der Waals surface area contributed by atoms with E-state index in [1.165, 1.54) is 0 Å². The third-order valence-electron chi connectivity index (χ3n) is 5.42. The minimum atomic E-state index is -0.814. The van der Waals surface area contributed by atoms with Crippen LogP contribution in [0, 0.1) is 0 Å². The van der Waals surface area contributed by atoms with Gasteiger partial charge in [0.2, 0.25) is 5.91 Å². The molecule has 3 aliphatic rings. The Kier molecular flexibility index (Phi) is 7.43. The molecule has 0 aromatic heterocycles. The van der Waals surface area contributed by atoms with Crippen LogP contribution in [0.5, 0.6) is 0 Å². The van der Waals surface area contributed by atoms with Crippen LogP contribution in [0.25, 0.3) is 0 Å². The van der Waals surface area contributed by atoms with Crippen LogP contribution < -0.4 is 5.32 Å². The van der Waals surface area contributed by atoms with Gasteiger partial charge < -0.3 is 33.7 Å². The summed E-state index contributed by atoms with van der Waals surface area (Å²) in [5, 5.41) is 2.78. The van der Waals surface area contributed by atoms with Crippen molar-refractivity contribution < 1.29 is 38.0 Å². The molecule has 0 aliphatic carbocycles. The fourth-order valence-corrected chi connectivity index (χ4v) is 3.95. The highest BCUT2D eigenvalue weighted by atomic mass is 16.8. The maximum absolute atomic E-state index is 12.5. The van der Waals surface area contributed by atoms with Crippen LogP contribution in [0.4, 0.5) is 0 Å². The molecular formula is C22H35NO8. The van der Waals surface area contributed by atoms with Gasteiger partial charge in [-0.1, -0.05) is 13.0 Å². The van der Waals surface area contributed by atoms with E-state index >= 15 is 0 Å². The normalized spacial score (nSPS) is 33.1. The van der Waals surface area contributed by atoms with Gasteiger partial charge in [0, 0.05) is 18.5 Å². The summed E-state index contributed by atoms with van der Waals surface area (Å²) in [7, 11) is 0. The van der Waals surface area contributed by atoms with Crippen molar-refractivity contribution in [2.75, 3.05) is 13.2 Å². The number of nitrogens with one attached hydrogen (secondary N) is 1. The minimum Gasteiger partial charge on any atom is -0.456 e. The van der Waals surface area contributed by atoms with E-state index in [1.807, 2.05) is 13.8 Å². The van der Waals surface area contributed by atoms with Gasteiger partial charge in [0.05, 0.1) is 6.61 Å². The fraction of sp³-hybridized carbons (Fsp3) is 0.818. The molecule has 1 amide bonds. The Morgan fingerprint density at radius 1 is 1.03 bits per heavy atom. The Balaban J connectivity index is 1.48. The molecule has 0 aromatic carbocycles. The number of rotatable bonds is 9. The Hall–Kier alpha value is -1.52. The van der Waals surface area contributed by atoms with E-state index in [-0.39, 0.29) is 24.4 Å². The molecular weight excluding hydrogens is 406 g/mol. The van der Waals surface area contributed by atoms with Crippen molar-refractivity contribution in [3.8, 4) is 0 Å². The third-order valence-corrected chi connectivity index (χ3v) is 5.42. The topological polar surface area (TPSA) is 102 Å². The highest BCUT2D eigenvalue weighted by Crippen LogP contribution is 2.42. The number of esters is 1. The van der Waals surface area contributed by atoms with Gasteiger partial charge in [0.25, 0.3) is 0 Å². The molecule has 0 bridgehead atoms. The summed E-state index contributed by atoms with van der Waals surface area (Å²) in [5.74, 6) is -2.01. The number of hydrogen-bond acceptors (Lipinski definition) is 8. The SMILES string of the molecule is C=C(C)C(=O)NCCCCCC(=O)O[C@@H]1[C@H]2OC(C)(C)O[C@H]2O[C@@H]1[C@H]1COC(C)(C)O1. The lowest BCUT2D eigenvalue weighted by Gasteiger charge is -2.28. The zero-order valence-electron chi connectivity index (χ0n) is 19.1. The Morgan fingerprint density at radius 2 is 1.77 bits per heavy atom. The van der Waals surface area contributed by atoms with Crippen LogP contribution in [0.1, 0.15) is 60.3 Å². The average Bonchev–Trinajstić information content (AvgIpc) is 3.27. The number of ether oxygens (including phenoxy) is 6. The zero-order chi connectivity index (χ0) is 22.8. The van der Waals surface area contributed by atoms with Crippen LogP contribution in [-0.4, -0.2) is 67.3 Å². The number of unbranched alkanes of at least 4 members (excludes halogenated alkanes) is 2. The van der Waals surface area contributed by atoms with Crippen LogP contribution in [-0.2, 0) is 38.0 Å². The molecule has 3 aliphatic heterocycles. The number of amides is 1. The standard InChI is InChI=1S/C22H35NO8/c1-13(2)19(25)23-11-9-7-8-10-15(24)27-17-16(14-12-26-21(3,4)29-14)28-20-18(17)30-22(5,6)31-20/h14,16-18,20H,1,7-12H2,2-6H3,(H,23,25)/t14-,16-,17+,18-,20-/m1/s1. The number of carbonyl (C=O) groups is 2. The Labute approximate surface area is 183 Å². The molecule has 0 radical (unpaired) electrons. The van der Waals surface area contributed by atoms with Gasteiger partial charge in [-0.05, 0) is 47.5 Å². The molecule has 3 fully saturated rings. The summed E-state index contributed by atoms with van der Waals surface area (Å²) in [4.78, 5) is 24.0. The molecule has 0 unspecified atom stereocenters.